The first-order valence-corrected chi connectivity index (χ1v) is 6.42. The molecule has 0 radical (unpaired) electrons. The zero-order valence-electron chi connectivity index (χ0n) is 9.80. The Morgan fingerprint density at radius 2 is 1.94 bits per heavy atom. The summed E-state index contributed by atoms with van der Waals surface area (Å²) in [6, 6.07) is 7.33. The molecule has 18 heavy (non-hydrogen) atoms. The lowest BCUT2D eigenvalue weighted by atomic mass is 10.1. The van der Waals surface area contributed by atoms with Gasteiger partial charge in [0.05, 0.1) is 0 Å². The second-order valence-corrected chi connectivity index (χ2v) is 4.74. The lowest BCUT2D eigenvalue weighted by Gasteiger charge is -2.18. The van der Waals surface area contributed by atoms with Gasteiger partial charge in [0.15, 0.2) is 0 Å². The van der Waals surface area contributed by atoms with Crippen molar-refractivity contribution < 1.29 is 9.15 Å². The minimum Gasteiger partial charge on any atom is -0.418 e. The van der Waals surface area contributed by atoms with E-state index in [1.807, 2.05) is 12.1 Å². The van der Waals surface area contributed by atoms with E-state index in [1.54, 1.807) is 12.1 Å². The van der Waals surface area contributed by atoms with Crippen LogP contribution in [0.5, 0.6) is 0 Å². The molecule has 5 heteroatoms. The van der Waals surface area contributed by atoms with Gasteiger partial charge in [0.2, 0.25) is 11.8 Å². The fourth-order valence-corrected chi connectivity index (χ4v) is 2.14. The summed E-state index contributed by atoms with van der Waals surface area (Å²) >= 11 is 5.84. The quantitative estimate of drug-likeness (QED) is 0.831. The van der Waals surface area contributed by atoms with Crippen LogP contribution in [0, 0.1) is 0 Å². The van der Waals surface area contributed by atoms with Gasteiger partial charge in [-0.3, -0.25) is 0 Å². The van der Waals surface area contributed by atoms with E-state index in [-0.39, 0.29) is 6.10 Å². The summed E-state index contributed by atoms with van der Waals surface area (Å²) in [5.41, 5.74) is 0.869. The highest BCUT2D eigenvalue weighted by molar-refractivity contribution is 6.30. The molecule has 0 amide bonds. The minimum atomic E-state index is -0.0488. The Balaban J connectivity index is 1.82. The van der Waals surface area contributed by atoms with Gasteiger partial charge in [0, 0.05) is 17.2 Å². The number of nitrogens with zero attached hydrogens (tertiary/aromatic N) is 2. The third-order valence-corrected chi connectivity index (χ3v) is 3.24. The van der Waals surface area contributed by atoms with E-state index in [1.165, 1.54) is 0 Å². The molecule has 0 unspecified atom stereocenters. The Morgan fingerprint density at radius 3 is 2.67 bits per heavy atom. The molecular weight excluding hydrogens is 252 g/mol. The Bertz CT molecular complexity index is 518. The van der Waals surface area contributed by atoms with Gasteiger partial charge >= 0.3 is 0 Å². The molecule has 1 aromatic heterocycles. The van der Waals surface area contributed by atoms with Crippen molar-refractivity contribution in [2.24, 2.45) is 0 Å². The van der Waals surface area contributed by atoms with Gasteiger partial charge in [-0.25, -0.2) is 0 Å². The van der Waals surface area contributed by atoms with Crippen LogP contribution in [-0.4, -0.2) is 16.8 Å². The van der Waals surface area contributed by atoms with Gasteiger partial charge in [-0.15, -0.1) is 10.2 Å². The van der Waals surface area contributed by atoms with E-state index < -0.39 is 0 Å². The van der Waals surface area contributed by atoms with Gasteiger partial charge in [-0.05, 0) is 43.5 Å². The molecule has 2 heterocycles. The second kappa shape index (κ2) is 5.08. The van der Waals surface area contributed by atoms with E-state index in [4.69, 9.17) is 20.8 Å². The molecule has 0 saturated carbocycles. The number of aromatic nitrogens is 2. The molecule has 1 atom stereocenters. The highest BCUT2D eigenvalue weighted by atomic mass is 35.5. The number of ether oxygens (including phenoxy) is 1. The van der Waals surface area contributed by atoms with E-state index >= 15 is 0 Å². The Kier molecular flexibility index (Phi) is 3.30. The van der Waals surface area contributed by atoms with Crippen LogP contribution in [-0.2, 0) is 4.74 Å². The third-order valence-electron chi connectivity index (χ3n) is 2.99. The minimum absolute atomic E-state index is 0.0488. The van der Waals surface area contributed by atoms with Crippen molar-refractivity contribution in [1.29, 1.82) is 0 Å². The van der Waals surface area contributed by atoms with Gasteiger partial charge in [-0.2, -0.15) is 0 Å². The molecule has 1 saturated heterocycles. The predicted octanol–water partition coefficient (Wildman–Crippen LogP) is 3.63. The van der Waals surface area contributed by atoms with Gasteiger partial charge in [0.1, 0.15) is 6.10 Å². The van der Waals surface area contributed by atoms with Crippen molar-refractivity contribution >= 4 is 11.6 Å². The summed E-state index contributed by atoms with van der Waals surface area (Å²) in [6.45, 7) is 0.767. The summed E-state index contributed by atoms with van der Waals surface area (Å²) in [6.07, 6.45) is 3.15. The molecule has 1 aromatic carbocycles. The predicted molar refractivity (Wildman–Crippen MR) is 67.3 cm³/mol. The number of rotatable bonds is 2. The maximum Gasteiger partial charge on any atom is 0.247 e. The number of benzene rings is 1. The molecule has 94 valence electrons. The van der Waals surface area contributed by atoms with Crippen LogP contribution >= 0.6 is 11.6 Å². The molecule has 1 aliphatic heterocycles. The van der Waals surface area contributed by atoms with Crippen molar-refractivity contribution in [3.63, 3.8) is 0 Å². The van der Waals surface area contributed by atoms with Crippen molar-refractivity contribution in [3.8, 4) is 11.5 Å². The Hall–Kier alpha value is -1.39. The second-order valence-electron chi connectivity index (χ2n) is 4.31. The lowest BCUT2D eigenvalue weighted by Crippen LogP contribution is -2.11. The van der Waals surface area contributed by atoms with Crippen LogP contribution in [0.4, 0.5) is 0 Å². The lowest BCUT2D eigenvalue weighted by molar-refractivity contribution is -0.00126. The zero-order valence-corrected chi connectivity index (χ0v) is 10.6. The SMILES string of the molecule is Clc1ccc(-c2nnc([C@@H]3CCCCO3)o2)cc1. The molecule has 1 fully saturated rings. The molecule has 4 nitrogen and oxygen atoms in total. The molecule has 0 spiro atoms. The maximum atomic E-state index is 5.84. The summed E-state index contributed by atoms with van der Waals surface area (Å²) in [5, 5.41) is 8.80. The van der Waals surface area contributed by atoms with Crippen molar-refractivity contribution in [2.75, 3.05) is 6.61 Å². The first-order chi connectivity index (χ1) is 8.83. The van der Waals surface area contributed by atoms with E-state index in [9.17, 15) is 0 Å². The third kappa shape index (κ3) is 2.40. The number of hydrogen-bond acceptors (Lipinski definition) is 4. The van der Waals surface area contributed by atoms with E-state index in [0.29, 0.717) is 16.8 Å². The summed E-state index contributed by atoms with van der Waals surface area (Å²) in [5.74, 6) is 1.08. The van der Waals surface area contributed by atoms with Crippen LogP contribution in [0.2, 0.25) is 5.02 Å². The monoisotopic (exact) mass is 264 g/mol. The van der Waals surface area contributed by atoms with Crippen LogP contribution in [0.1, 0.15) is 31.3 Å². The van der Waals surface area contributed by atoms with Crippen LogP contribution in [0.3, 0.4) is 0 Å². The standard InChI is InChI=1S/C13H13ClN2O2/c14-10-6-4-9(5-7-10)12-15-16-13(18-12)11-3-1-2-8-17-11/h4-7,11H,1-3,8H2/t11-/m0/s1. The molecular formula is C13H13ClN2O2. The summed E-state index contributed by atoms with van der Waals surface area (Å²) in [4.78, 5) is 0. The molecule has 0 aliphatic carbocycles. The molecule has 0 N–H and O–H groups in total. The Labute approximate surface area is 110 Å². The largest absolute Gasteiger partial charge is 0.418 e. The first kappa shape index (κ1) is 11.7. The molecule has 3 rings (SSSR count). The highest BCUT2D eigenvalue weighted by Gasteiger charge is 2.22. The highest BCUT2D eigenvalue weighted by Crippen LogP contribution is 2.29. The number of hydrogen-bond donors (Lipinski definition) is 0. The maximum absolute atomic E-state index is 5.84. The normalized spacial score (nSPS) is 19.9. The average Bonchev–Trinajstić information content (AvgIpc) is 2.90. The van der Waals surface area contributed by atoms with Crippen molar-refractivity contribution in [1.82, 2.24) is 10.2 Å². The zero-order chi connectivity index (χ0) is 12.4. The van der Waals surface area contributed by atoms with E-state index in [2.05, 4.69) is 10.2 Å². The molecule has 0 bridgehead atoms. The van der Waals surface area contributed by atoms with Crippen LogP contribution in [0.15, 0.2) is 28.7 Å². The fourth-order valence-electron chi connectivity index (χ4n) is 2.01. The summed E-state index contributed by atoms with van der Waals surface area (Å²) in [7, 11) is 0. The van der Waals surface area contributed by atoms with Crippen molar-refractivity contribution in [3.05, 3.63) is 35.2 Å². The Morgan fingerprint density at radius 1 is 1.11 bits per heavy atom. The van der Waals surface area contributed by atoms with Crippen LogP contribution < -0.4 is 0 Å². The van der Waals surface area contributed by atoms with Crippen molar-refractivity contribution in [2.45, 2.75) is 25.4 Å². The van der Waals surface area contributed by atoms with Gasteiger partial charge in [-0.1, -0.05) is 11.6 Å². The number of halogens is 1. The van der Waals surface area contributed by atoms with Gasteiger partial charge < -0.3 is 9.15 Å². The average molecular weight is 265 g/mol. The van der Waals surface area contributed by atoms with Crippen LogP contribution in [0.25, 0.3) is 11.5 Å². The summed E-state index contributed by atoms with van der Waals surface area (Å²) < 4.78 is 11.3. The fraction of sp³-hybridized carbons (Fsp3) is 0.385. The smallest absolute Gasteiger partial charge is 0.247 e. The molecule has 1 aliphatic rings. The van der Waals surface area contributed by atoms with E-state index in [0.717, 1.165) is 31.4 Å². The topological polar surface area (TPSA) is 48.2 Å². The molecule has 2 aromatic rings. The first-order valence-electron chi connectivity index (χ1n) is 6.04. The van der Waals surface area contributed by atoms with Gasteiger partial charge in [0.25, 0.3) is 0 Å².